The zero-order chi connectivity index (χ0) is 20.5. The Hall–Kier alpha value is -2.48. The van der Waals surface area contributed by atoms with Crippen LogP contribution in [0.2, 0.25) is 0 Å². The molecule has 0 unspecified atom stereocenters. The van der Waals surface area contributed by atoms with Gasteiger partial charge in [-0.25, -0.2) is 9.78 Å². The molecule has 0 fully saturated rings. The Kier molecular flexibility index (Phi) is 8.38. The first kappa shape index (κ1) is 21.8. The van der Waals surface area contributed by atoms with Crippen LogP contribution in [-0.4, -0.2) is 42.6 Å². The summed E-state index contributed by atoms with van der Waals surface area (Å²) >= 11 is 1.61. The number of nitrogens with zero attached hydrogens (tertiary/aromatic N) is 1. The van der Waals surface area contributed by atoms with Gasteiger partial charge in [0.05, 0.1) is 22.3 Å². The summed E-state index contributed by atoms with van der Waals surface area (Å²) in [7, 11) is 1.27. The number of amides is 1. The molecule has 152 valence electrons. The number of methoxy groups -OCH3 is 1. The van der Waals surface area contributed by atoms with Crippen LogP contribution in [0.3, 0.4) is 0 Å². The summed E-state index contributed by atoms with van der Waals surface area (Å²) in [5.74, 6) is -1.27. The number of aryl methyl sites for hydroxylation is 1. The van der Waals surface area contributed by atoms with E-state index in [2.05, 4.69) is 10.3 Å². The number of hydrogen-bond acceptors (Lipinski definition) is 7. The van der Waals surface area contributed by atoms with Gasteiger partial charge in [0, 0.05) is 6.42 Å². The number of rotatable bonds is 10. The van der Waals surface area contributed by atoms with Crippen LogP contribution >= 0.6 is 11.3 Å². The molecule has 1 atom stereocenters. The molecule has 28 heavy (non-hydrogen) atoms. The van der Waals surface area contributed by atoms with Gasteiger partial charge in [-0.05, 0) is 37.3 Å². The molecule has 8 heteroatoms. The third-order valence-corrected chi connectivity index (χ3v) is 5.10. The number of esters is 2. The van der Waals surface area contributed by atoms with Crippen molar-refractivity contribution in [3.63, 3.8) is 0 Å². The molecule has 1 aromatic carbocycles. The van der Waals surface area contributed by atoms with Gasteiger partial charge >= 0.3 is 11.9 Å². The van der Waals surface area contributed by atoms with Crippen molar-refractivity contribution in [2.75, 3.05) is 13.7 Å². The predicted octanol–water partition coefficient (Wildman–Crippen LogP) is 2.87. The Bertz CT molecular complexity index is 785. The molecule has 7 nitrogen and oxygen atoms in total. The number of ether oxygens (including phenoxy) is 2. The Morgan fingerprint density at radius 1 is 1.21 bits per heavy atom. The summed E-state index contributed by atoms with van der Waals surface area (Å²) < 4.78 is 10.8. The minimum atomic E-state index is -0.741. The van der Waals surface area contributed by atoms with Crippen LogP contribution in [0.25, 0.3) is 10.2 Å². The zero-order valence-electron chi connectivity index (χ0n) is 16.4. The number of nitrogens with one attached hydrogen (secondary N) is 1. The highest BCUT2D eigenvalue weighted by Gasteiger charge is 2.23. The maximum Gasteiger partial charge on any atom is 0.328 e. The fourth-order valence-corrected chi connectivity index (χ4v) is 3.70. The van der Waals surface area contributed by atoms with E-state index in [9.17, 15) is 14.4 Å². The molecule has 1 aromatic heterocycles. The molecular weight excluding hydrogens is 380 g/mol. The van der Waals surface area contributed by atoms with E-state index in [1.54, 1.807) is 11.3 Å². The van der Waals surface area contributed by atoms with Crippen molar-refractivity contribution in [1.29, 1.82) is 0 Å². The Labute approximate surface area is 168 Å². The summed E-state index contributed by atoms with van der Waals surface area (Å²) in [4.78, 5) is 40.0. The molecule has 2 rings (SSSR count). The number of carbonyl (C=O) groups is 3. The van der Waals surface area contributed by atoms with Crippen LogP contribution in [-0.2, 0) is 30.3 Å². The number of fused-ring (bicyclic) bond motifs is 1. The van der Waals surface area contributed by atoms with Crippen molar-refractivity contribution in [2.24, 2.45) is 5.92 Å². The van der Waals surface area contributed by atoms with Crippen LogP contribution in [0.1, 0.15) is 38.1 Å². The molecule has 2 aromatic rings. The van der Waals surface area contributed by atoms with Crippen LogP contribution in [0.4, 0.5) is 0 Å². The lowest BCUT2D eigenvalue weighted by Crippen LogP contribution is -2.44. The molecule has 0 aliphatic heterocycles. The predicted molar refractivity (Wildman–Crippen MR) is 107 cm³/mol. The lowest BCUT2D eigenvalue weighted by Gasteiger charge is -2.18. The van der Waals surface area contributed by atoms with E-state index in [-0.39, 0.29) is 12.3 Å². The van der Waals surface area contributed by atoms with Gasteiger partial charge in [-0.1, -0.05) is 26.0 Å². The van der Waals surface area contributed by atoms with Gasteiger partial charge in [0.25, 0.3) is 5.91 Å². The molecule has 0 radical (unpaired) electrons. The number of thiazole rings is 1. The van der Waals surface area contributed by atoms with Gasteiger partial charge in [-0.3, -0.25) is 9.59 Å². The largest absolute Gasteiger partial charge is 0.467 e. The number of para-hydroxylation sites is 1. The average molecular weight is 407 g/mol. The maximum atomic E-state index is 12.0. The second-order valence-electron chi connectivity index (χ2n) is 6.86. The van der Waals surface area contributed by atoms with E-state index in [1.807, 2.05) is 38.1 Å². The van der Waals surface area contributed by atoms with Crippen LogP contribution in [0, 0.1) is 5.92 Å². The Morgan fingerprint density at radius 3 is 2.64 bits per heavy atom. The third-order valence-electron chi connectivity index (χ3n) is 4.00. The molecule has 0 saturated heterocycles. The van der Waals surface area contributed by atoms with Crippen LogP contribution in [0.5, 0.6) is 0 Å². The minimum Gasteiger partial charge on any atom is -0.467 e. The lowest BCUT2D eigenvalue weighted by molar-refractivity contribution is -0.150. The molecule has 0 saturated carbocycles. The number of aromatic nitrogens is 1. The Balaban J connectivity index is 1.70. The van der Waals surface area contributed by atoms with Gasteiger partial charge in [-0.2, -0.15) is 0 Å². The van der Waals surface area contributed by atoms with Gasteiger partial charge in [-0.15, -0.1) is 11.3 Å². The highest BCUT2D eigenvalue weighted by Crippen LogP contribution is 2.22. The first-order valence-corrected chi connectivity index (χ1v) is 10.1. The van der Waals surface area contributed by atoms with Crippen molar-refractivity contribution in [2.45, 2.75) is 45.6 Å². The van der Waals surface area contributed by atoms with E-state index < -0.39 is 30.5 Å². The molecule has 0 spiro atoms. The second-order valence-corrected chi connectivity index (χ2v) is 7.98. The van der Waals surface area contributed by atoms with Gasteiger partial charge in [0.1, 0.15) is 6.04 Å². The molecule has 0 bridgehead atoms. The van der Waals surface area contributed by atoms with Crippen molar-refractivity contribution < 1.29 is 23.9 Å². The highest BCUT2D eigenvalue weighted by molar-refractivity contribution is 7.18. The van der Waals surface area contributed by atoms with Crippen LogP contribution in [0.15, 0.2) is 24.3 Å². The molecule has 1 amide bonds. The van der Waals surface area contributed by atoms with Crippen molar-refractivity contribution >= 4 is 39.4 Å². The zero-order valence-corrected chi connectivity index (χ0v) is 17.2. The topological polar surface area (TPSA) is 94.6 Å². The maximum absolute atomic E-state index is 12.0. The van der Waals surface area contributed by atoms with E-state index in [1.165, 1.54) is 7.11 Å². The molecule has 1 heterocycles. The average Bonchev–Trinajstić information content (AvgIpc) is 3.07. The fraction of sp³-hybridized carbons (Fsp3) is 0.500. The third kappa shape index (κ3) is 6.92. The number of benzene rings is 1. The standard InChI is InChI=1S/C20H26N2O5S/c1-13(2)11-15(20(25)26-3)21-17(23)12-27-19(24)10-6-9-18-22-14-7-4-5-8-16(14)28-18/h4-5,7-8,13,15H,6,9-12H2,1-3H3,(H,21,23)/t15-/m1/s1. The van der Waals surface area contributed by atoms with Gasteiger partial charge in [0.15, 0.2) is 6.61 Å². The monoisotopic (exact) mass is 406 g/mol. The smallest absolute Gasteiger partial charge is 0.328 e. The SMILES string of the molecule is COC(=O)[C@@H](CC(C)C)NC(=O)COC(=O)CCCc1nc2ccccc2s1. The van der Waals surface area contributed by atoms with Gasteiger partial charge in [0.2, 0.25) is 0 Å². The summed E-state index contributed by atoms with van der Waals surface area (Å²) in [5, 5.41) is 3.53. The van der Waals surface area contributed by atoms with Crippen molar-refractivity contribution in [3.05, 3.63) is 29.3 Å². The summed E-state index contributed by atoms with van der Waals surface area (Å²) in [5.41, 5.74) is 0.961. The lowest BCUT2D eigenvalue weighted by atomic mass is 10.0. The van der Waals surface area contributed by atoms with Gasteiger partial charge < -0.3 is 14.8 Å². The summed E-state index contributed by atoms with van der Waals surface area (Å²) in [6, 6.07) is 7.15. The number of carbonyl (C=O) groups excluding carboxylic acids is 3. The first-order valence-electron chi connectivity index (χ1n) is 9.26. The van der Waals surface area contributed by atoms with E-state index in [0.29, 0.717) is 19.3 Å². The van der Waals surface area contributed by atoms with Crippen molar-refractivity contribution in [3.8, 4) is 0 Å². The summed E-state index contributed by atoms with van der Waals surface area (Å²) in [6.45, 7) is 3.46. The minimum absolute atomic E-state index is 0.203. The van der Waals surface area contributed by atoms with E-state index >= 15 is 0 Å². The molecule has 0 aliphatic rings. The van der Waals surface area contributed by atoms with Crippen LogP contribution < -0.4 is 5.32 Å². The van der Waals surface area contributed by atoms with Crippen molar-refractivity contribution in [1.82, 2.24) is 10.3 Å². The first-order chi connectivity index (χ1) is 13.4. The highest BCUT2D eigenvalue weighted by atomic mass is 32.1. The summed E-state index contributed by atoms with van der Waals surface area (Å²) in [6.07, 6.45) is 1.93. The second kappa shape index (κ2) is 10.8. The number of hydrogen-bond donors (Lipinski definition) is 1. The normalized spacial score (nSPS) is 12.0. The quantitative estimate of drug-likeness (QED) is 0.610. The van der Waals surface area contributed by atoms with E-state index in [4.69, 9.17) is 9.47 Å². The molecular formula is C20H26N2O5S. The fourth-order valence-electron chi connectivity index (χ4n) is 2.69. The Morgan fingerprint density at radius 2 is 1.96 bits per heavy atom. The van der Waals surface area contributed by atoms with E-state index in [0.717, 1.165) is 15.2 Å². The molecule has 0 aliphatic carbocycles. The molecule has 1 N–H and O–H groups in total.